The number of hydrogen-bond donors (Lipinski definition) is 0. The number of hydrogen-bond acceptors (Lipinski definition) is 2. The second kappa shape index (κ2) is 3.86. The minimum atomic E-state index is 1.23. The minimum Gasteiger partial charge on any atom is -0.371 e. The Hall–Kier alpha value is -1.02. The molecule has 0 N–H and O–H groups in total. The molecule has 2 heteroatoms. The third-order valence-electron chi connectivity index (χ3n) is 3.16. The van der Waals surface area contributed by atoms with Crippen molar-refractivity contribution in [1.29, 1.82) is 0 Å². The average molecular weight is 217 g/mol. The van der Waals surface area contributed by atoms with Crippen molar-refractivity contribution in [3.05, 3.63) is 29.6 Å². The summed E-state index contributed by atoms with van der Waals surface area (Å²) < 4.78 is 1.41. The van der Waals surface area contributed by atoms with E-state index < -0.39 is 0 Å². The van der Waals surface area contributed by atoms with E-state index in [1.807, 2.05) is 11.3 Å². The number of anilines is 1. The Morgan fingerprint density at radius 1 is 1.00 bits per heavy atom. The molecule has 1 fully saturated rings. The van der Waals surface area contributed by atoms with Gasteiger partial charge in [-0.3, -0.25) is 0 Å². The molecule has 1 aliphatic rings. The van der Waals surface area contributed by atoms with Gasteiger partial charge in [0, 0.05) is 23.5 Å². The van der Waals surface area contributed by atoms with Crippen molar-refractivity contribution in [2.45, 2.75) is 19.3 Å². The highest BCUT2D eigenvalue weighted by atomic mass is 32.1. The zero-order valence-electron chi connectivity index (χ0n) is 8.78. The lowest BCUT2D eigenvalue weighted by molar-refractivity contribution is 0.578. The number of rotatable bonds is 1. The summed E-state index contributed by atoms with van der Waals surface area (Å²) in [6, 6.07) is 9.04. The van der Waals surface area contributed by atoms with Crippen LogP contribution in [-0.2, 0) is 0 Å². The molecule has 0 amide bonds. The lowest BCUT2D eigenvalue weighted by Gasteiger charge is -2.28. The summed E-state index contributed by atoms with van der Waals surface area (Å²) in [6.45, 7) is 2.47. The Morgan fingerprint density at radius 2 is 1.87 bits per heavy atom. The maximum absolute atomic E-state index is 2.52. The van der Waals surface area contributed by atoms with Crippen LogP contribution >= 0.6 is 11.3 Å². The largest absolute Gasteiger partial charge is 0.371 e. The maximum atomic E-state index is 2.52. The summed E-state index contributed by atoms with van der Waals surface area (Å²) in [5, 5.41) is 3.55. The van der Waals surface area contributed by atoms with Crippen LogP contribution in [0, 0.1) is 0 Å². The van der Waals surface area contributed by atoms with Crippen molar-refractivity contribution in [2.75, 3.05) is 18.0 Å². The van der Waals surface area contributed by atoms with E-state index in [4.69, 9.17) is 0 Å². The summed E-state index contributed by atoms with van der Waals surface area (Å²) in [6.07, 6.45) is 4.10. The molecule has 78 valence electrons. The van der Waals surface area contributed by atoms with Gasteiger partial charge in [0.25, 0.3) is 0 Å². The Bertz CT molecular complexity index is 454. The van der Waals surface area contributed by atoms with Gasteiger partial charge in [0.15, 0.2) is 0 Å². The van der Waals surface area contributed by atoms with Crippen LogP contribution in [0.1, 0.15) is 19.3 Å². The van der Waals surface area contributed by atoms with E-state index in [1.165, 1.54) is 48.1 Å². The van der Waals surface area contributed by atoms with Gasteiger partial charge in [-0.1, -0.05) is 6.07 Å². The summed E-state index contributed by atoms with van der Waals surface area (Å²) >= 11 is 1.84. The molecule has 1 aromatic carbocycles. The first-order valence-electron chi connectivity index (χ1n) is 5.66. The van der Waals surface area contributed by atoms with Crippen molar-refractivity contribution in [2.24, 2.45) is 0 Å². The smallest absolute Gasteiger partial charge is 0.0380 e. The molecule has 0 saturated carbocycles. The van der Waals surface area contributed by atoms with Crippen LogP contribution in [0.5, 0.6) is 0 Å². The second-order valence-corrected chi connectivity index (χ2v) is 5.14. The zero-order chi connectivity index (χ0) is 10.1. The van der Waals surface area contributed by atoms with Gasteiger partial charge in [-0.2, -0.15) is 0 Å². The molecule has 0 spiro atoms. The Labute approximate surface area is 94.3 Å². The zero-order valence-corrected chi connectivity index (χ0v) is 9.59. The molecule has 3 rings (SSSR count). The quantitative estimate of drug-likeness (QED) is 0.700. The summed E-state index contributed by atoms with van der Waals surface area (Å²) in [5.41, 5.74) is 1.41. The van der Waals surface area contributed by atoms with E-state index in [-0.39, 0.29) is 0 Å². The summed E-state index contributed by atoms with van der Waals surface area (Å²) in [4.78, 5) is 2.52. The first-order valence-corrected chi connectivity index (χ1v) is 6.54. The lowest BCUT2D eigenvalue weighted by atomic mass is 10.1. The molecule has 0 bridgehead atoms. The first kappa shape index (κ1) is 9.22. The standard InChI is InChI=1S/C13H15NS/c1-2-7-14(8-3-1)12-5-4-11-6-9-15-13(11)10-12/h4-6,9-10H,1-3,7-8H2. The monoisotopic (exact) mass is 217 g/mol. The molecule has 0 unspecified atom stereocenters. The van der Waals surface area contributed by atoms with Crippen LogP contribution in [0.15, 0.2) is 29.6 Å². The van der Waals surface area contributed by atoms with Crippen LogP contribution in [-0.4, -0.2) is 13.1 Å². The molecule has 0 radical (unpaired) electrons. The molecule has 0 aliphatic carbocycles. The van der Waals surface area contributed by atoms with E-state index in [1.54, 1.807) is 0 Å². The second-order valence-electron chi connectivity index (χ2n) is 4.19. The van der Waals surface area contributed by atoms with Crippen molar-refractivity contribution in [3.63, 3.8) is 0 Å². The van der Waals surface area contributed by atoms with Crippen molar-refractivity contribution in [1.82, 2.24) is 0 Å². The van der Waals surface area contributed by atoms with Gasteiger partial charge in [-0.15, -0.1) is 11.3 Å². The molecule has 2 aromatic rings. The molecule has 1 aromatic heterocycles. The van der Waals surface area contributed by atoms with Gasteiger partial charge in [-0.25, -0.2) is 0 Å². The molecule has 0 atom stereocenters. The molecular formula is C13H15NS. The summed E-state index contributed by atoms with van der Waals surface area (Å²) in [7, 11) is 0. The predicted octanol–water partition coefficient (Wildman–Crippen LogP) is 3.89. The highest BCUT2D eigenvalue weighted by Crippen LogP contribution is 2.27. The normalized spacial score (nSPS) is 17.2. The molecule has 1 aliphatic heterocycles. The fourth-order valence-electron chi connectivity index (χ4n) is 2.29. The van der Waals surface area contributed by atoms with Crippen LogP contribution in [0.4, 0.5) is 5.69 Å². The van der Waals surface area contributed by atoms with Crippen molar-refractivity contribution < 1.29 is 0 Å². The van der Waals surface area contributed by atoms with Gasteiger partial charge in [0.1, 0.15) is 0 Å². The topological polar surface area (TPSA) is 3.24 Å². The third kappa shape index (κ3) is 1.74. The fourth-order valence-corrected chi connectivity index (χ4v) is 3.11. The maximum Gasteiger partial charge on any atom is 0.0380 e. The number of fused-ring (bicyclic) bond motifs is 1. The van der Waals surface area contributed by atoms with Gasteiger partial charge in [0.2, 0.25) is 0 Å². The van der Waals surface area contributed by atoms with Gasteiger partial charge >= 0.3 is 0 Å². The highest BCUT2D eigenvalue weighted by molar-refractivity contribution is 7.17. The fraction of sp³-hybridized carbons (Fsp3) is 0.385. The van der Waals surface area contributed by atoms with Gasteiger partial charge in [0.05, 0.1) is 0 Å². The van der Waals surface area contributed by atoms with Gasteiger partial charge in [-0.05, 0) is 48.2 Å². The van der Waals surface area contributed by atoms with Crippen LogP contribution in [0.3, 0.4) is 0 Å². The van der Waals surface area contributed by atoms with E-state index in [0.717, 1.165) is 0 Å². The SMILES string of the molecule is c1cc2ccc(N3CCCCC3)cc2s1. The Kier molecular flexibility index (Phi) is 2.37. The number of piperidine rings is 1. The lowest BCUT2D eigenvalue weighted by Crippen LogP contribution is -2.29. The van der Waals surface area contributed by atoms with E-state index >= 15 is 0 Å². The molecule has 2 heterocycles. The molecule has 15 heavy (non-hydrogen) atoms. The Morgan fingerprint density at radius 3 is 2.73 bits per heavy atom. The predicted molar refractivity (Wildman–Crippen MR) is 67.9 cm³/mol. The van der Waals surface area contributed by atoms with E-state index in [9.17, 15) is 0 Å². The number of thiophene rings is 1. The average Bonchev–Trinajstić information content (AvgIpc) is 2.77. The third-order valence-corrected chi connectivity index (χ3v) is 4.04. The molecule has 1 saturated heterocycles. The number of benzene rings is 1. The minimum absolute atomic E-state index is 1.23. The van der Waals surface area contributed by atoms with Gasteiger partial charge < -0.3 is 4.90 Å². The van der Waals surface area contributed by atoms with Crippen molar-refractivity contribution in [3.8, 4) is 0 Å². The highest BCUT2D eigenvalue weighted by Gasteiger charge is 2.10. The van der Waals surface area contributed by atoms with Crippen LogP contribution < -0.4 is 4.90 Å². The van der Waals surface area contributed by atoms with Crippen LogP contribution in [0.2, 0.25) is 0 Å². The molecular weight excluding hydrogens is 202 g/mol. The van der Waals surface area contributed by atoms with Crippen LogP contribution in [0.25, 0.3) is 10.1 Å². The van der Waals surface area contributed by atoms with E-state index in [0.29, 0.717) is 0 Å². The Balaban J connectivity index is 1.95. The first-order chi connectivity index (χ1) is 7.43. The number of nitrogens with zero attached hydrogens (tertiary/aromatic N) is 1. The van der Waals surface area contributed by atoms with Crippen molar-refractivity contribution >= 4 is 27.1 Å². The molecule has 1 nitrogen and oxygen atoms in total. The summed E-state index contributed by atoms with van der Waals surface area (Å²) in [5.74, 6) is 0. The van der Waals surface area contributed by atoms with E-state index in [2.05, 4.69) is 34.5 Å².